The molecule has 2 amide bonds. The van der Waals surface area contributed by atoms with Crippen molar-refractivity contribution in [2.24, 2.45) is 5.10 Å². The molecule has 0 bridgehead atoms. The highest BCUT2D eigenvalue weighted by molar-refractivity contribution is 7.15. The van der Waals surface area contributed by atoms with E-state index in [0.717, 1.165) is 70.1 Å². The molecule has 1 N–H and O–H groups in total. The second kappa shape index (κ2) is 10.4. The van der Waals surface area contributed by atoms with Gasteiger partial charge in [0.2, 0.25) is 0 Å². The van der Waals surface area contributed by atoms with Crippen LogP contribution in [0.2, 0.25) is 0 Å². The molecule has 40 heavy (non-hydrogen) atoms. The van der Waals surface area contributed by atoms with Crippen LogP contribution in [0.4, 0.5) is 11.4 Å². The van der Waals surface area contributed by atoms with Crippen molar-refractivity contribution in [2.75, 3.05) is 10.3 Å². The van der Waals surface area contributed by atoms with E-state index in [4.69, 9.17) is 0 Å². The van der Waals surface area contributed by atoms with Crippen LogP contribution in [0.15, 0.2) is 71.3 Å². The third kappa shape index (κ3) is 4.60. The lowest BCUT2D eigenvalue weighted by atomic mass is 9.95. The maximum Gasteiger partial charge on any atom is 0.280 e. The van der Waals surface area contributed by atoms with Crippen molar-refractivity contribution >= 4 is 46.3 Å². The van der Waals surface area contributed by atoms with Crippen molar-refractivity contribution in [3.05, 3.63) is 105 Å². The standard InChI is InChI=1S/C33H32N4O2S/c1-20-14-16-25(17-15-20)34-31(38)30-27-12-8-9-13-29(27)40-33(30)36-21(2)18-24(23(36)4)19-28-22(3)35-37(32(28)39)26-10-6-5-7-11-26/h5-7,10-11,14-19H,8-9,12-13H2,1-4H3,(H,34,38)/b28-19-. The van der Waals surface area contributed by atoms with Crippen LogP contribution < -0.4 is 10.3 Å². The number of rotatable bonds is 5. The monoisotopic (exact) mass is 548 g/mol. The minimum absolute atomic E-state index is 0.0712. The maximum atomic E-state index is 13.8. The molecule has 0 saturated carbocycles. The Kier molecular flexibility index (Phi) is 6.76. The van der Waals surface area contributed by atoms with Gasteiger partial charge < -0.3 is 9.88 Å². The van der Waals surface area contributed by atoms with Crippen LogP contribution in [0.5, 0.6) is 0 Å². The molecule has 0 radical (unpaired) electrons. The lowest BCUT2D eigenvalue weighted by molar-refractivity contribution is -0.114. The number of aryl methyl sites for hydroxylation is 3. The van der Waals surface area contributed by atoms with E-state index in [0.29, 0.717) is 11.3 Å². The van der Waals surface area contributed by atoms with Gasteiger partial charge in [-0.05, 0) is 101 Å². The number of carbonyl (C=O) groups is 2. The number of anilines is 2. The highest BCUT2D eigenvalue weighted by Gasteiger charge is 2.31. The van der Waals surface area contributed by atoms with Gasteiger partial charge in [-0.15, -0.1) is 11.3 Å². The third-order valence-corrected chi connectivity index (χ3v) is 9.00. The molecule has 4 aromatic rings. The topological polar surface area (TPSA) is 66.7 Å². The minimum Gasteiger partial charge on any atom is -0.322 e. The Balaban J connectivity index is 1.39. The van der Waals surface area contributed by atoms with Crippen molar-refractivity contribution in [1.82, 2.24) is 4.57 Å². The molecule has 0 atom stereocenters. The Hall–Kier alpha value is -4.23. The van der Waals surface area contributed by atoms with Gasteiger partial charge in [-0.3, -0.25) is 9.59 Å². The SMILES string of the molecule is CC1=NN(c2ccccc2)C(=O)/C1=C\c1cc(C)n(-c2sc3c(c2C(=O)Nc2ccc(C)cc2)CCCC3)c1C. The molecule has 6 rings (SSSR count). The molecule has 1 aliphatic heterocycles. The molecule has 3 heterocycles. The second-order valence-electron chi connectivity index (χ2n) is 10.6. The molecule has 0 fully saturated rings. The Morgan fingerprint density at radius 3 is 2.45 bits per heavy atom. The highest BCUT2D eigenvalue weighted by Crippen LogP contribution is 2.39. The fourth-order valence-electron chi connectivity index (χ4n) is 5.60. The van der Waals surface area contributed by atoms with Gasteiger partial charge in [-0.25, -0.2) is 0 Å². The van der Waals surface area contributed by atoms with E-state index < -0.39 is 0 Å². The van der Waals surface area contributed by atoms with Crippen molar-refractivity contribution in [2.45, 2.75) is 53.4 Å². The zero-order valence-corrected chi connectivity index (χ0v) is 24.1. The first-order valence-electron chi connectivity index (χ1n) is 13.7. The molecular weight excluding hydrogens is 516 g/mol. The van der Waals surface area contributed by atoms with Crippen molar-refractivity contribution in [3.8, 4) is 5.00 Å². The fraction of sp³-hybridized carbons (Fsp3) is 0.242. The summed E-state index contributed by atoms with van der Waals surface area (Å²) in [4.78, 5) is 28.4. The summed E-state index contributed by atoms with van der Waals surface area (Å²) >= 11 is 1.72. The average Bonchev–Trinajstić information content (AvgIpc) is 3.56. The molecule has 0 unspecified atom stereocenters. The van der Waals surface area contributed by atoms with Crippen LogP contribution in [-0.2, 0) is 17.6 Å². The molecule has 2 aromatic carbocycles. The maximum absolute atomic E-state index is 13.8. The average molecular weight is 549 g/mol. The van der Waals surface area contributed by atoms with Crippen LogP contribution >= 0.6 is 11.3 Å². The van der Waals surface area contributed by atoms with Gasteiger partial charge in [0.15, 0.2) is 0 Å². The van der Waals surface area contributed by atoms with Crippen LogP contribution in [0.3, 0.4) is 0 Å². The number of fused-ring (bicyclic) bond motifs is 1. The quantitative estimate of drug-likeness (QED) is 0.264. The number of hydrazone groups is 1. The smallest absolute Gasteiger partial charge is 0.280 e. The summed E-state index contributed by atoms with van der Waals surface area (Å²) in [5.74, 6) is -0.212. The fourth-order valence-corrected chi connectivity index (χ4v) is 7.10. The molecular formula is C33H32N4O2S. The van der Waals surface area contributed by atoms with E-state index in [9.17, 15) is 9.59 Å². The van der Waals surface area contributed by atoms with Crippen LogP contribution in [0, 0.1) is 20.8 Å². The number of benzene rings is 2. The van der Waals surface area contributed by atoms with Gasteiger partial charge in [0.05, 0.1) is 22.5 Å². The van der Waals surface area contributed by atoms with Crippen LogP contribution in [0.25, 0.3) is 11.1 Å². The number of para-hydroxylation sites is 1. The third-order valence-electron chi connectivity index (χ3n) is 7.73. The van der Waals surface area contributed by atoms with Crippen molar-refractivity contribution in [3.63, 3.8) is 0 Å². The van der Waals surface area contributed by atoms with Crippen molar-refractivity contribution < 1.29 is 9.59 Å². The highest BCUT2D eigenvalue weighted by atomic mass is 32.1. The van der Waals surface area contributed by atoms with Gasteiger partial charge in [-0.2, -0.15) is 10.1 Å². The number of nitrogens with zero attached hydrogens (tertiary/aromatic N) is 3. The number of carbonyl (C=O) groups excluding carboxylic acids is 2. The van der Waals surface area contributed by atoms with Crippen molar-refractivity contribution in [1.29, 1.82) is 0 Å². The summed E-state index contributed by atoms with van der Waals surface area (Å²) in [5, 5.41) is 10.1. The molecule has 0 spiro atoms. The lowest BCUT2D eigenvalue weighted by Gasteiger charge is -2.14. The van der Waals surface area contributed by atoms with Gasteiger partial charge in [0.25, 0.3) is 11.8 Å². The van der Waals surface area contributed by atoms with E-state index in [1.165, 1.54) is 15.4 Å². The summed E-state index contributed by atoms with van der Waals surface area (Å²) < 4.78 is 2.18. The predicted octanol–water partition coefficient (Wildman–Crippen LogP) is 7.40. The number of aromatic nitrogens is 1. The molecule has 2 aromatic heterocycles. The Labute approximate surface area is 238 Å². The Morgan fingerprint density at radius 1 is 0.975 bits per heavy atom. The van der Waals surface area contributed by atoms with Crippen LogP contribution in [0.1, 0.15) is 63.1 Å². The van der Waals surface area contributed by atoms with E-state index in [2.05, 4.69) is 34.9 Å². The minimum atomic E-state index is -0.141. The molecule has 7 heteroatoms. The number of nitrogens with one attached hydrogen (secondary N) is 1. The van der Waals surface area contributed by atoms with E-state index in [1.807, 2.05) is 74.5 Å². The first kappa shape index (κ1) is 26.0. The van der Waals surface area contributed by atoms with Gasteiger partial charge >= 0.3 is 0 Å². The second-order valence-corrected chi connectivity index (χ2v) is 11.7. The summed E-state index contributed by atoms with van der Waals surface area (Å²) in [7, 11) is 0. The van der Waals surface area contributed by atoms with Gasteiger partial charge in [-0.1, -0.05) is 35.9 Å². The number of thiophene rings is 1. The van der Waals surface area contributed by atoms with Gasteiger partial charge in [0, 0.05) is 22.0 Å². The van der Waals surface area contributed by atoms with E-state index in [-0.39, 0.29) is 11.8 Å². The predicted molar refractivity (Wildman–Crippen MR) is 164 cm³/mol. The Morgan fingerprint density at radius 2 is 1.70 bits per heavy atom. The first-order valence-corrected chi connectivity index (χ1v) is 14.5. The summed E-state index contributed by atoms with van der Waals surface area (Å²) in [6, 6.07) is 19.5. The number of hydrogen-bond acceptors (Lipinski definition) is 4. The van der Waals surface area contributed by atoms with Gasteiger partial charge in [0.1, 0.15) is 5.00 Å². The zero-order chi connectivity index (χ0) is 28.0. The van der Waals surface area contributed by atoms with E-state index >= 15 is 0 Å². The Bertz CT molecular complexity index is 1690. The summed E-state index contributed by atoms with van der Waals surface area (Å²) in [5.41, 5.74) is 8.85. The van der Waals surface area contributed by atoms with Crippen LogP contribution in [-0.4, -0.2) is 22.1 Å². The number of hydrogen-bond donors (Lipinski definition) is 1. The first-order chi connectivity index (χ1) is 19.3. The lowest BCUT2D eigenvalue weighted by Crippen LogP contribution is -2.21. The molecule has 2 aliphatic rings. The van der Waals surface area contributed by atoms with E-state index in [1.54, 1.807) is 11.3 Å². The molecule has 6 nitrogen and oxygen atoms in total. The largest absolute Gasteiger partial charge is 0.322 e. The molecule has 0 saturated heterocycles. The summed E-state index contributed by atoms with van der Waals surface area (Å²) in [6.45, 7) is 8.02. The molecule has 1 aliphatic carbocycles. The summed E-state index contributed by atoms with van der Waals surface area (Å²) in [6.07, 6.45) is 6.08. The normalized spacial score (nSPS) is 15.9. The molecule has 202 valence electrons. The number of amides is 2. The zero-order valence-electron chi connectivity index (χ0n) is 23.2.